The fourth-order valence-electron chi connectivity index (χ4n) is 1.67. The van der Waals surface area contributed by atoms with Crippen molar-refractivity contribution in [2.75, 3.05) is 13.2 Å². The van der Waals surface area contributed by atoms with Crippen molar-refractivity contribution < 1.29 is 24.2 Å². The second kappa shape index (κ2) is 8.79. The number of benzene rings is 1. The molecular formula is C16H20O5. The van der Waals surface area contributed by atoms with Crippen LogP contribution in [0.1, 0.15) is 30.9 Å². The number of ether oxygens (including phenoxy) is 2. The molecular weight excluding hydrogens is 272 g/mol. The lowest BCUT2D eigenvalue weighted by molar-refractivity contribution is -0.146. The van der Waals surface area contributed by atoms with Crippen LogP contribution in [-0.4, -0.2) is 30.3 Å². The molecule has 1 rings (SSSR count). The summed E-state index contributed by atoms with van der Waals surface area (Å²) in [6, 6.07) is 5.35. The topological polar surface area (TPSA) is 72.8 Å². The average Bonchev–Trinajstić information content (AvgIpc) is 2.44. The van der Waals surface area contributed by atoms with Gasteiger partial charge < -0.3 is 14.6 Å². The second-order valence-electron chi connectivity index (χ2n) is 4.53. The fourth-order valence-corrected chi connectivity index (χ4v) is 1.67. The minimum Gasteiger partial charge on any atom is -0.481 e. The summed E-state index contributed by atoms with van der Waals surface area (Å²) in [6.07, 6.45) is 4.24. The van der Waals surface area contributed by atoms with E-state index in [0.29, 0.717) is 17.9 Å². The molecule has 0 aliphatic rings. The summed E-state index contributed by atoms with van der Waals surface area (Å²) in [7, 11) is 0. The molecule has 0 aliphatic heterocycles. The van der Waals surface area contributed by atoms with Crippen LogP contribution in [0.3, 0.4) is 0 Å². The quantitative estimate of drug-likeness (QED) is 0.453. The number of esters is 1. The maximum atomic E-state index is 11.5. The Hall–Kier alpha value is -2.30. The highest BCUT2D eigenvalue weighted by molar-refractivity contribution is 5.86. The third-order valence-corrected chi connectivity index (χ3v) is 2.74. The smallest absolute Gasteiger partial charge is 0.344 e. The lowest BCUT2D eigenvalue weighted by atomic mass is 10.1. The van der Waals surface area contributed by atoms with Gasteiger partial charge in [0.1, 0.15) is 5.75 Å². The van der Waals surface area contributed by atoms with Crippen LogP contribution in [0.5, 0.6) is 5.75 Å². The Bertz CT molecular complexity index is 519. The minimum absolute atomic E-state index is 0.192. The fraction of sp³-hybridized carbons (Fsp3) is 0.375. The van der Waals surface area contributed by atoms with Crippen molar-refractivity contribution in [2.45, 2.75) is 26.7 Å². The van der Waals surface area contributed by atoms with Gasteiger partial charge in [-0.1, -0.05) is 31.5 Å². The zero-order valence-corrected chi connectivity index (χ0v) is 12.3. The van der Waals surface area contributed by atoms with E-state index in [1.54, 1.807) is 12.1 Å². The first-order valence-corrected chi connectivity index (χ1v) is 6.83. The van der Waals surface area contributed by atoms with Gasteiger partial charge in [0, 0.05) is 11.6 Å². The highest BCUT2D eigenvalue weighted by atomic mass is 16.6. The third-order valence-electron chi connectivity index (χ3n) is 2.74. The van der Waals surface area contributed by atoms with E-state index in [2.05, 4.69) is 0 Å². The van der Waals surface area contributed by atoms with Crippen molar-refractivity contribution in [1.29, 1.82) is 0 Å². The molecule has 0 bridgehead atoms. The van der Waals surface area contributed by atoms with Gasteiger partial charge in [-0.05, 0) is 25.0 Å². The van der Waals surface area contributed by atoms with E-state index in [-0.39, 0.29) is 6.61 Å². The summed E-state index contributed by atoms with van der Waals surface area (Å²) in [5.74, 6) is -0.983. The number of carboxylic acids is 1. The van der Waals surface area contributed by atoms with Crippen molar-refractivity contribution in [1.82, 2.24) is 0 Å². The molecule has 0 amide bonds. The molecule has 0 saturated carbocycles. The lowest BCUT2D eigenvalue weighted by Crippen LogP contribution is -2.16. The predicted molar refractivity (Wildman–Crippen MR) is 79.2 cm³/mol. The van der Waals surface area contributed by atoms with Gasteiger partial charge in [-0.25, -0.2) is 9.59 Å². The number of hydrogen-bond acceptors (Lipinski definition) is 4. The van der Waals surface area contributed by atoms with Crippen LogP contribution in [0.25, 0.3) is 6.08 Å². The number of carboxylic acid groups (broad SMARTS) is 1. The Labute approximate surface area is 124 Å². The van der Waals surface area contributed by atoms with E-state index in [9.17, 15) is 9.59 Å². The molecule has 114 valence electrons. The zero-order valence-electron chi connectivity index (χ0n) is 12.3. The van der Waals surface area contributed by atoms with Crippen LogP contribution in [-0.2, 0) is 14.3 Å². The molecule has 0 aliphatic carbocycles. The molecule has 5 heteroatoms. The van der Waals surface area contributed by atoms with Crippen molar-refractivity contribution in [3.8, 4) is 5.75 Å². The summed E-state index contributed by atoms with van der Waals surface area (Å²) in [6.45, 7) is 4.04. The van der Waals surface area contributed by atoms with Crippen LogP contribution in [0.2, 0.25) is 0 Å². The molecule has 0 radical (unpaired) electrons. The molecule has 1 aromatic rings. The highest BCUT2D eigenvalue weighted by Gasteiger charge is 2.09. The van der Waals surface area contributed by atoms with Gasteiger partial charge in [-0.2, -0.15) is 0 Å². The van der Waals surface area contributed by atoms with Crippen LogP contribution in [0.15, 0.2) is 24.3 Å². The molecule has 0 spiro atoms. The molecule has 1 N–H and O–H groups in total. The van der Waals surface area contributed by atoms with Gasteiger partial charge in [0.25, 0.3) is 0 Å². The highest BCUT2D eigenvalue weighted by Crippen LogP contribution is 2.24. The van der Waals surface area contributed by atoms with Crippen molar-refractivity contribution in [3.63, 3.8) is 0 Å². The first-order valence-electron chi connectivity index (χ1n) is 6.83. The molecule has 0 unspecified atom stereocenters. The summed E-state index contributed by atoms with van der Waals surface area (Å²) in [5, 5.41) is 8.67. The van der Waals surface area contributed by atoms with Crippen molar-refractivity contribution >= 4 is 18.0 Å². The molecule has 0 aromatic heterocycles. The Balaban J connectivity index is 2.69. The van der Waals surface area contributed by atoms with Crippen LogP contribution in [0.4, 0.5) is 0 Å². The molecule has 0 fully saturated rings. The molecule has 1 aromatic carbocycles. The number of rotatable bonds is 8. The number of aryl methyl sites for hydroxylation is 1. The first-order chi connectivity index (χ1) is 10.0. The normalized spacial score (nSPS) is 10.6. The van der Waals surface area contributed by atoms with E-state index >= 15 is 0 Å². The number of hydrogen-bond donors (Lipinski definition) is 1. The van der Waals surface area contributed by atoms with Crippen LogP contribution < -0.4 is 4.74 Å². The van der Waals surface area contributed by atoms with E-state index in [1.807, 2.05) is 19.9 Å². The van der Waals surface area contributed by atoms with Gasteiger partial charge in [0.15, 0.2) is 6.61 Å². The lowest BCUT2D eigenvalue weighted by Gasteiger charge is -2.11. The van der Waals surface area contributed by atoms with Gasteiger partial charge in [-0.3, -0.25) is 0 Å². The van der Waals surface area contributed by atoms with E-state index < -0.39 is 11.9 Å². The molecule has 21 heavy (non-hydrogen) atoms. The molecule has 5 nitrogen and oxygen atoms in total. The van der Waals surface area contributed by atoms with Gasteiger partial charge in [-0.15, -0.1) is 0 Å². The van der Waals surface area contributed by atoms with Crippen LogP contribution >= 0.6 is 0 Å². The maximum absolute atomic E-state index is 11.5. The standard InChI is InChI=1S/C16H20O5/c1-3-4-10-20-15(19)11-21-16-12(2)6-5-7-13(16)8-9-14(17)18/h5-9H,3-4,10-11H2,1-2H3,(H,17,18)/b9-8+. The molecule has 0 saturated heterocycles. The number of unbranched alkanes of at least 4 members (excludes halogenated alkanes) is 1. The predicted octanol–water partition coefficient (Wildman–Crippen LogP) is 2.81. The van der Waals surface area contributed by atoms with Gasteiger partial charge in [0.2, 0.25) is 0 Å². The van der Waals surface area contributed by atoms with Gasteiger partial charge >= 0.3 is 11.9 Å². The summed E-state index contributed by atoms with van der Waals surface area (Å²) in [4.78, 5) is 22.1. The summed E-state index contributed by atoms with van der Waals surface area (Å²) < 4.78 is 10.5. The Morgan fingerprint density at radius 1 is 1.33 bits per heavy atom. The first kappa shape index (κ1) is 16.8. The zero-order chi connectivity index (χ0) is 15.7. The van der Waals surface area contributed by atoms with E-state index in [4.69, 9.17) is 14.6 Å². The number of carbonyl (C=O) groups excluding carboxylic acids is 1. The number of para-hydroxylation sites is 1. The largest absolute Gasteiger partial charge is 0.481 e. The minimum atomic E-state index is -1.04. The van der Waals surface area contributed by atoms with E-state index in [0.717, 1.165) is 24.5 Å². The maximum Gasteiger partial charge on any atom is 0.344 e. The Morgan fingerprint density at radius 2 is 2.10 bits per heavy atom. The Kier molecular flexibility index (Phi) is 7.01. The van der Waals surface area contributed by atoms with Crippen LogP contribution in [0, 0.1) is 6.92 Å². The van der Waals surface area contributed by atoms with E-state index in [1.165, 1.54) is 6.08 Å². The molecule has 0 heterocycles. The number of aliphatic carboxylic acids is 1. The molecule has 0 atom stereocenters. The van der Waals surface area contributed by atoms with Crippen molar-refractivity contribution in [2.24, 2.45) is 0 Å². The summed E-state index contributed by atoms with van der Waals surface area (Å²) >= 11 is 0. The summed E-state index contributed by atoms with van der Waals surface area (Å²) in [5.41, 5.74) is 1.43. The monoisotopic (exact) mass is 292 g/mol. The van der Waals surface area contributed by atoms with Crippen molar-refractivity contribution in [3.05, 3.63) is 35.4 Å². The van der Waals surface area contributed by atoms with Gasteiger partial charge in [0.05, 0.1) is 6.61 Å². The average molecular weight is 292 g/mol. The third kappa shape index (κ3) is 6.12. The Morgan fingerprint density at radius 3 is 2.76 bits per heavy atom. The SMILES string of the molecule is CCCCOC(=O)COc1c(C)cccc1/C=C/C(=O)O. The number of carbonyl (C=O) groups is 2. The second-order valence-corrected chi connectivity index (χ2v) is 4.53.